The van der Waals surface area contributed by atoms with Crippen molar-refractivity contribution in [1.82, 2.24) is 9.97 Å². The molecule has 1 aliphatic heterocycles. The average Bonchev–Trinajstić information content (AvgIpc) is 2.37. The van der Waals surface area contributed by atoms with Gasteiger partial charge in [-0.25, -0.2) is 9.97 Å². The second-order valence-electron chi connectivity index (χ2n) is 5.43. The van der Waals surface area contributed by atoms with E-state index in [1.165, 1.54) is 0 Å². The van der Waals surface area contributed by atoms with Gasteiger partial charge >= 0.3 is 0 Å². The molecule has 0 spiro atoms. The van der Waals surface area contributed by atoms with E-state index in [9.17, 15) is 5.11 Å². The van der Waals surface area contributed by atoms with Gasteiger partial charge in [0.05, 0.1) is 23.5 Å². The Bertz CT molecular complexity index is 380. The van der Waals surface area contributed by atoms with Gasteiger partial charge in [0, 0.05) is 13.1 Å². The standard InChI is InChI=1S/C12H18ClN3O/c1-12(2)5-10(17)3-4-16(8-12)11-14-6-9(13)7-15-11/h6-7,10,17H,3-5,8H2,1-2H3/t10-/m1/s1. The van der Waals surface area contributed by atoms with Gasteiger partial charge in [-0.3, -0.25) is 0 Å². The monoisotopic (exact) mass is 255 g/mol. The highest BCUT2D eigenvalue weighted by molar-refractivity contribution is 6.30. The molecular weight excluding hydrogens is 238 g/mol. The zero-order valence-electron chi connectivity index (χ0n) is 10.2. The Morgan fingerprint density at radius 1 is 1.41 bits per heavy atom. The SMILES string of the molecule is CC1(C)C[C@H](O)CCN(c2ncc(Cl)cn2)C1. The fourth-order valence-corrected chi connectivity index (χ4v) is 2.44. The van der Waals surface area contributed by atoms with Gasteiger partial charge in [0.1, 0.15) is 0 Å². The summed E-state index contributed by atoms with van der Waals surface area (Å²) in [6.45, 7) is 5.95. The van der Waals surface area contributed by atoms with Gasteiger partial charge in [-0.1, -0.05) is 25.4 Å². The van der Waals surface area contributed by atoms with Crippen LogP contribution < -0.4 is 4.90 Å². The summed E-state index contributed by atoms with van der Waals surface area (Å²) in [4.78, 5) is 10.6. The number of aliphatic hydroxyl groups excluding tert-OH is 1. The highest BCUT2D eigenvalue weighted by Gasteiger charge is 2.30. The summed E-state index contributed by atoms with van der Waals surface area (Å²) in [5, 5.41) is 10.4. The van der Waals surface area contributed by atoms with Crippen molar-refractivity contribution in [3.63, 3.8) is 0 Å². The Labute approximate surface area is 107 Å². The highest BCUT2D eigenvalue weighted by Crippen LogP contribution is 2.29. The first-order valence-electron chi connectivity index (χ1n) is 5.87. The van der Waals surface area contributed by atoms with Crippen LogP contribution in [0.3, 0.4) is 0 Å². The summed E-state index contributed by atoms with van der Waals surface area (Å²) < 4.78 is 0. The first-order chi connectivity index (χ1) is 7.96. The lowest BCUT2D eigenvalue weighted by atomic mass is 9.87. The first kappa shape index (κ1) is 12.6. The van der Waals surface area contributed by atoms with E-state index in [0.717, 1.165) is 25.9 Å². The predicted molar refractivity (Wildman–Crippen MR) is 68.3 cm³/mol. The van der Waals surface area contributed by atoms with Crippen molar-refractivity contribution < 1.29 is 5.11 Å². The lowest BCUT2D eigenvalue weighted by molar-refractivity contribution is 0.123. The molecule has 0 radical (unpaired) electrons. The molecule has 5 heteroatoms. The fourth-order valence-electron chi connectivity index (χ4n) is 2.34. The van der Waals surface area contributed by atoms with Gasteiger partial charge in [-0.2, -0.15) is 0 Å². The van der Waals surface area contributed by atoms with E-state index in [1.54, 1.807) is 12.4 Å². The van der Waals surface area contributed by atoms with Crippen molar-refractivity contribution in [2.75, 3.05) is 18.0 Å². The molecule has 17 heavy (non-hydrogen) atoms. The number of nitrogens with zero attached hydrogens (tertiary/aromatic N) is 3. The predicted octanol–water partition coefficient (Wildman–Crippen LogP) is 2.12. The maximum atomic E-state index is 9.84. The summed E-state index contributed by atoms with van der Waals surface area (Å²) in [5.74, 6) is 0.691. The Balaban J connectivity index is 2.17. The second kappa shape index (κ2) is 4.78. The van der Waals surface area contributed by atoms with E-state index >= 15 is 0 Å². The van der Waals surface area contributed by atoms with Gasteiger partial charge in [0.25, 0.3) is 0 Å². The van der Waals surface area contributed by atoms with E-state index in [-0.39, 0.29) is 11.5 Å². The minimum Gasteiger partial charge on any atom is -0.393 e. The molecule has 0 aromatic carbocycles. The summed E-state index contributed by atoms with van der Waals surface area (Å²) in [5.41, 5.74) is 0.0684. The van der Waals surface area contributed by atoms with Gasteiger partial charge < -0.3 is 10.0 Å². The number of anilines is 1. The molecule has 0 aliphatic carbocycles. The minimum atomic E-state index is -0.234. The Kier molecular flexibility index (Phi) is 3.54. The summed E-state index contributed by atoms with van der Waals surface area (Å²) in [6, 6.07) is 0. The number of hydrogen-bond donors (Lipinski definition) is 1. The third-order valence-corrected chi connectivity index (χ3v) is 3.22. The maximum absolute atomic E-state index is 9.84. The molecule has 1 N–H and O–H groups in total. The Morgan fingerprint density at radius 3 is 2.71 bits per heavy atom. The van der Waals surface area contributed by atoms with Crippen molar-refractivity contribution in [2.24, 2.45) is 5.41 Å². The molecule has 1 aromatic rings. The molecule has 1 aromatic heterocycles. The maximum Gasteiger partial charge on any atom is 0.225 e. The summed E-state index contributed by atoms with van der Waals surface area (Å²) >= 11 is 5.78. The molecule has 1 fully saturated rings. The van der Waals surface area contributed by atoms with Gasteiger partial charge in [0.2, 0.25) is 5.95 Å². The van der Waals surface area contributed by atoms with Crippen molar-refractivity contribution >= 4 is 17.5 Å². The normalized spacial score (nSPS) is 24.5. The third kappa shape index (κ3) is 3.30. The van der Waals surface area contributed by atoms with E-state index in [4.69, 9.17) is 11.6 Å². The van der Waals surface area contributed by atoms with Crippen molar-refractivity contribution in [2.45, 2.75) is 32.8 Å². The van der Waals surface area contributed by atoms with Gasteiger partial charge in [-0.15, -0.1) is 0 Å². The van der Waals surface area contributed by atoms with Crippen LogP contribution in [-0.2, 0) is 0 Å². The van der Waals surface area contributed by atoms with Crippen LogP contribution in [0.15, 0.2) is 12.4 Å². The number of hydrogen-bond acceptors (Lipinski definition) is 4. The molecule has 94 valence electrons. The van der Waals surface area contributed by atoms with Gasteiger partial charge in [0.15, 0.2) is 0 Å². The van der Waals surface area contributed by atoms with Crippen molar-refractivity contribution in [3.05, 3.63) is 17.4 Å². The lowest BCUT2D eigenvalue weighted by Crippen LogP contribution is -2.33. The molecule has 2 rings (SSSR count). The van der Waals surface area contributed by atoms with E-state index in [1.807, 2.05) is 0 Å². The van der Waals surface area contributed by atoms with Crippen LogP contribution >= 0.6 is 11.6 Å². The molecule has 0 saturated carbocycles. The molecule has 1 aliphatic rings. The molecule has 1 atom stereocenters. The Morgan fingerprint density at radius 2 is 2.06 bits per heavy atom. The zero-order chi connectivity index (χ0) is 12.5. The molecule has 1 saturated heterocycles. The van der Waals surface area contributed by atoms with E-state index < -0.39 is 0 Å². The fraction of sp³-hybridized carbons (Fsp3) is 0.667. The smallest absolute Gasteiger partial charge is 0.225 e. The quantitative estimate of drug-likeness (QED) is 0.835. The Hall–Kier alpha value is -0.870. The zero-order valence-corrected chi connectivity index (χ0v) is 11.0. The molecule has 2 heterocycles. The van der Waals surface area contributed by atoms with Crippen molar-refractivity contribution in [1.29, 1.82) is 0 Å². The van der Waals surface area contributed by atoms with Crippen LogP contribution in [0.1, 0.15) is 26.7 Å². The average molecular weight is 256 g/mol. The lowest BCUT2D eigenvalue weighted by Gasteiger charge is -2.29. The van der Waals surface area contributed by atoms with Crippen LogP contribution in [-0.4, -0.2) is 34.3 Å². The molecule has 0 amide bonds. The largest absolute Gasteiger partial charge is 0.393 e. The molecule has 0 unspecified atom stereocenters. The molecule has 0 bridgehead atoms. The number of rotatable bonds is 1. The van der Waals surface area contributed by atoms with E-state index in [2.05, 4.69) is 28.7 Å². The first-order valence-corrected chi connectivity index (χ1v) is 6.25. The van der Waals surface area contributed by atoms with Crippen LogP contribution in [0, 0.1) is 5.41 Å². The summed E-state index contributed by atoms with van der Waals surface area (Å²) in [6.07, 6.45) is 4.56. The van der Waals surface area contributed by atoms with Crippen LogP contribution in [0.2, 0.25) is 5.02 Å². The van der Waals surface area contributed by atoms with Crippen LogP contribution in [0.4, 0.5) is 5.95 Å². The molecule has 4 nitrogen and oxygen atoms in total. The van der Waals surface area contributed by atoms with Crippen LogP contribution in [0.25, 0.3) is 0 Å². The molecular formula is C12H18ClN3O. The summed E-state index contributed by atoms with van der Waals surface area (Å²) in [7, 11) is 0. The number of halogens is 1. The number of aliphatic hydroxyl groups is 1. The highest BCUT2D eigenvalue weighted by atomic mass is 35.5. The topological polar surface area (TPSA) is 49.2 Å². The van der Waals surface area contributed by atoms with Crippen LogP contribution in [0.5, 0.6) is 0 Å². The third-order valence-electron chi connectivity index (χ3n) is 3.03. The number of aromatic nitrogens is 2. The van der Waals surface area contributed by atoms with Gasteiger partial charge in [-0.05, 0) is 18.3 Å². The van der Waals surface area contributed by atoms with Crippen molar-refractivity contribution in [3.8, 4) is 0 Å². The second-order valence-corrected chi connectivity index (χ2v) is 5.87. The minimum absolute atomic E-state index is 0.0684. The van der Waals surface area contributed by atoms with E-state index in [0.29, 0.717) is 11.0 Å².